The lowest BCUT2D eigenvalue weighted by Gasteiger charge is -2.09. The van der Waals surface area contributed by atoms with Crippen LogP contribution in [-0.4, -0.2) is 18.5 Å². The Labute approximate surface area is 170 Å². The summed E-state index contributed by atoms with van der Waals surface area (Å²) in [5, 5.41) is 2.69. The number of anilines is 1. The van der Waals surface area contributed by atoms with Gasteiger partial charge in [0.25, 0.3) is 5.91 Å². The molecule has 3 aromatic carbocycles. The van der Waals surface area contributed by atoms with Crippen molar-refractivity contribution in [2.45, 2.75) is 0 Å². The number of ether oxygens (including phenoxy) is 2. The minimum Gasteiger partial charge on any atom is -0.457 e. The summed E-state index contributed by atoms with van der Waals surface area (Å²) in [6.07, 6.45) is 0. The average Bonchev–Trinajstić information content (AvgIpc) is 2.68. The number of carbonyl (C=O) groups is 2. The third-order valence-electron chi connectivity index (χ3n) is 3.51. The van der Waals surface area contributed by atoms with Gasteiger partial charge in [-0.05, 0) is 71.1 Å². The van der Waals surface area contributed by atoms with Crippen molar-refractivity contribution in [3.63, 3.8) is 0 Å². The summed E-state index contributed by atoms with van der Waals surface area (Å²) in [4.78, 5) is 24.0. The summed E-state index contributed by atoms with van der Waals surface area (Å²) < 4.78 is 11.8. The number of amides is 1. The van der Waals surface area contributed by atoms with Crippen molar-refractivity contribution in [3.8, 4) is 11.5 Å². The van der Waals surface area contributed by atoms with Gasteiger partial charge in [0, 0.05) is 15.3 Å². The van der Waals surface area contributed by atoms with E-state index in [-0.39, 0.29) is 6.61 Å². The van der Waals surface area contributed by atoms with Crippen molar-refractivity contribution in [2.75, 3.05) is 11.9 Å². The van der Waals surface area contributed by atoms with E-state index < -0.39 is 11.9 Å². The van der Waals surface area contributed by atoms with Crippen molar-refractivity contribution in [1.29, 1.82) is 0 Å². The van der Waals surface area contributed by atoms with E-state index >= 15 is 0 Å². The zero-order valence-electron chi connectivity index (χ0n) is 14.2. The summed E-state index contributed by atoms with van der Waals surface area (Å²) >= 11 is 2.15. The van der Waals surface area contributed by atoms with Gasteiger partial charge in [0.1, 0.15) is 11.5 Å². The Morgan fingerprint density at radius 3 is 2.30 bits per heavy atom. The first-order chi connectivity index (χ1) is 13.1. The highest BCUT2D eigenvalue weighted by Gasteiger charge is 2.10. The fourth-order valence-electron chi connectivity index (χ4n) is 2.26. The molecule has 0 spiro atoms. The topological polar surface area (TPSA) is 64.6 Å². The number of hydrogen-bond acceptors (Lipinski definition) is 4. The van der Waals surface area contributed by atoms with Gasteiger partial charge in [0.2, 0.25) is 0 Å². The second-order valence-corrected chi connectivity index (χ2v) is 6.82. The molecule has 0 aliphatic carbocycles. The summed E-state index contributed by atoms with van der Waals surface area (Å²) in [7, 11) is 0. The third-order valence-corrected chi connectivity index (χ3v) is 4.23. The predicted octanol–water partition coefficient (Wildman–Crippen LogP) is 4.88. The molecule has 0 fully saturated rings. The van der Waals surface area contributed by atoms with Crippen molar-refractivity contribution >= 4 is 40.2 Å². The molecule has 5 nitrogen and oxygen atoms in total. The van der Waals surface area contributed by atoms with Crippen LogP contribution in [0.5, 0.6) is 11.5 Å². The van der Waals surface area contributed by atoms with E-state index in [2.05, 4.69) is 27.9 Å². The first-order valence-electron chi connectivity index (χ1n) is 8.16. The van der Waals surface area contributed by atoms with Crippen molar-refractivity contribution in [2.24, 2.45) is 0 Å². The fraction of sp³-hybridized carbons (Fsp3) is 0.0476. The van der Waals surface area contributed by atoms with Gasteiger partial charge in [-0.1, -0.05) is 24.3 Å². The molecule has 0 aromatic heterocycles. The molecule has 3 aromatic rings. The van der Waals surface area contributed by atoms with E-state index in [9.17, 15) is 9.59 Å². The number of para-hydroxylation sites is 1. The Kier molecular flexibility index (Phi) is 6.43. The van der Waals surface area contributed by atoms with Crippen LogP contribution in [0.2, 0.25) is 0 Å². The molecule has 1 amide bonds. The van der Waals surface area contributed by atoms with Gasteiger partial charge in [-0.15, -0.1) is 0 Å². The molecule has 0 atom stereocenters. The summed E-state index contributed by atoms with van der Waals surface area (Å²) in [6.45, 7) is -0.366. The first kappa shape index (κ1) is 18.9. The molecule has 0 saturated heterocycles. The van der Waals surface area contributed by atoms with Crippen LogP contribution in [0.1, 0.15) is 10.4 Å². The van der Waals surface area contributed by atoms with Crippen LogP contribution in [0.4, 0.5) is 5.69 Å². The monoisotopic (exact) mass is 473 g/mol. The van der Waals surface area contributed by atoms with Crippen LogP contribution in [0.15, 0.2) is 78.9 Å². The largest absolute Gasteiger partial charge is 0.457 e. The molecule has 0 saturated carbocycles. The van der Waals surface area contributed by atoms with Gasteiger partial charge in [-0.2, -0.15) is 0 Å². The minimum absolute atomic E-state index is 0.366. The zero-order valence-corrected chi connectivity index (χ0v) is 16.4. The van der Waals surface area contributed by atoms with Crippen LogP contribution in [-0.2, 0) is 9.53 Å². The number of nitrogens with one attached hydrogen (secondary N) is 1. The second-order valence-electron chi connectivity index (χ2n) is 5.57. The third kappa shape index (κ3) is 5.82. The second kappa shape index (κ2) is 9.18. The van der Waals surface area contributed by atoms with E-state index in [1.807, 2.05) is 30.3 Å². The molecule has 0 heterocycles. The van der Waals surface area contributed by atoms with E-state index in [0.717, 1.165) is 3.57 Å². The van der Waals surface area contributed by atoms with E-state index in [1.165, 1.54) is 0 Å². The first-order valence-corrected chi connectivity index (χ1v) is 9.23. The van der Waals surface area contributed by atoms with Crippen LogP contribution < -0.4 is 10.1 Å². The summed E-state index contributed by atoms with van der Waals surface area (Å²) in [5.74, 6) is 0.329. The summed E-state index contributed by atoms with van der Waals surface area (Å²) in [6, 6.07) is 23.3. The molecule has 3 rings (SSSR count). The lowest BCUT2D eigenvalue weighted by Crippen LogP contribution is -2.20. The standard InChI is InChI=1S/C21H16INO4/c22-16-11-9-15(10-12-16)21(25)26-14-20(24)23-17-5-4-8-19(13-17)27-18-6-2-1-3-7-18/h1-13H,14H2,(H,23,24). The highest BCUT2D eigenvalue weighted by molar-refractivity contribution is 14.1. The lowest BCUT2D eigenvalue weighted by atomic mass is 10.2. The predicted molar refractivity (Wildman–Crippen MR) is 111 cm³/mol. The Bertz CT molecular complexity index is 926. The van der Waals surface area contributed by atoms with E-state index in [1.54, 1.807) is 48.5 Å². The van der Waals surface area contributed by atoms with Crippen LogP contribution in [0.25, 0.3) is 0 Å². The maximum absolute atomic E-state index is 12.0. The lowest BCUT2D eigenvalue weighted by molar-refractivity contribution is -0.119. The Hall–Kier alpha value is -2.87. The molecular formula is C21H16INO4. The smallest absolute Gasteiger partial charge is 0.338 e. The SMILES string of the molecule is O=C(COC(=O)c1ccc(I)cc1)Nc1cccc(Oc2ccccc2)c1. The Morgan fingerprint density at radius 2 is 1.56 bits per heavy atom. The van der Waals surface area contributed by atoms with Crippen molar-refractivity contribution < 1.29 is 19.1 Å². The average molecular weight is 473 g/mol. The molecule has 27 heavy (non-hydrogen) atoms. The van der Waals surface area contributed by atoms with E-state index in [4.69, 9.17) is 9.47 Å². The zero-order chi connectivity index (χ0) is 19.1. The quantitative estimate of drug-likeness (QED) is 0.410. The molecule has 0 bridgehead atoms. The number of esters is 1. The molecule has 0 unspecified atom stereocenters. The van der Waals surface area contributed by atoms with Gasteiger partial charge in [-0.25, -0.2) is 4.79 Å². The molecule has 0 radical (unpaired) electrons. The molecule has 0 aliphatic heterocycles. The molecule has 1 N–H and O–H groups in total. The molecule has 0 aliphatic rings. The normalized spacial score (nSPS) is 10.1. The maximum Gasteiger partial charge on any atom is 0.338 e. The van der Waals surface area contributed by atoms with Crippen molar-refractivity contribution in [1.82, 2.24) is 0 Å². The minimum atomic E-state index is -0.539. The van der Waals surface area contributed by atoms with Crippen LogP contribution >= 0.6 is 22.6 Å². The van der Waals surface area contributed by atoms with Crippen molar-refractivity contribution in [3.05, 3.63) is 88.0 Å². The van der Waals surface area contributed by atoms with Gasteiger partial charge in [0.15, 0.2) is 6.61 Å². The van der Waals surface area contributed by atoms with Crippen LogP contribution in [0.3, 0.4) is 0 Å². The van der Waals surface area contributed by atoms with Gasteiger partial charge in [0.05, 0.1) is 5.56 Å². The number of benzene rings is 3. The number of carbonyl (C=O) groups excluding carboxylic acids is 2. The van der Waals surface area contributed by atoms with Gasteiger partial charge in [-0.3, -0.25) is 4.79 Å². The Morgan fingerprint density at radius 1 is 0.852 bits per heavy atom. The van der Waals surface area contributed by atoms with Gasteiger partial charge >= 0.3 is 5.97 Å². The number of halogens is 1. The number of rotatable bonds is 6. The Balaban J connectivity index is 1.54. The fourth-order valence-corrected chi connectivity index (χ4v) is 2.62. The molecule has 6 heteroatoms. The van der Waals surface area contributed by atoms with E-state index in [0.29, 0.717) is 22.7 Å². The highest BCUT2D eigenvalue weighted by Crippen LogP contribution is 2.23. The van der Waals surface area contributed by atoms with Crippen LogP contribution in [0, 0.1) is 3.57 Å². The maximum atomic E-state index is 12.0. The van der Waals surface area contributed by atoms with Gasteiger partial charge < -0.3 is 14.8 Å². The summed E-state index contributed by atoms with van der Waals surface area (Å²) in [5.41, 5.74) is 0.959. The number of hydrogen-bond donors (Lipinski definition) is 1. The molecule has 136 valence electrons. The molecular weight excluding hydrogens is 457 g/mol. The highest BCUT2D eigenvalue weighted by atomic mass is 127.